The largest absolute Gasteiger partial charge is 0.481 e. The van der Waals surface area contributed by atoms with E-state index in [9.17, 15) is 14.4 Å². The molecule has 8 heteroatoms. The molecule has 14 heavy (non-hydrogen) atoms. The van der Waals surface area contributed by atoms with E-state index in [1.54, 1.807) is 0 Å². The fourth-order valence-corrected chi connectivity index (χ4v) is 1.17. The fraction of sp³-hybridized carbons (Fsp3) is 0.500. The number of rotatable bonds is 6. The third kappa shape index (κ3) is 4.74. The van der Waals surface area contributed by atoms with E-state index >= 15 is 0 Å². The fourth-order valence-electron chi connectivity index (χ4n) is 0.778. The standard InChI is InChI=1S/C6H10NO6P/c8-4(9)1-3(6(12)13)7(14)2-5(10)11/h3H,1-2,14H2,(H,8,9)(H,10,11)(H,12,13). The molecule has 2 unspecified atom stereocenters. The van der Waals surface area contributed by atoms with Gasteiger partial charge in [-0.25, -0.2) is 0 Å². The van der Waals surface area contributed by atoms with Crippen LogP contribution in [0.15, 0.2) is 0 Å². The Hall–Kier alpha value is -1.20. The van der Waals surface area contributed by atoms with Crippen LogP contribution in [0.2, 0.25) is 0 Å². The second-order valence-electron chi connectivity index (χ2n) is 2.52. The summed E-state index contributed by atoms with van der Waals surface area (Å²) in [5, 5.41) is 25.3. The molecule has 0 aliphatic heterocycles. The van der Waals surface area contributed by atoms with Crippen molar-refractivity contribution >= 4 is 27.3 Å². The van der Waals surface area contributed by atoms with Gasteiger partial charge in [0.05, 0.1) is 6.42 Å². The van der Waals surface area contributed by atoms with Crippen molar-refractivity contribution in [2.24, 2.45) is 0 Å². The molecular formula is C6H10NO6P. The minimum atomic E-state index is -1.37. The molecule has 0 spiro atoms. The van der Waals surface area contributed by atoms with Crippen LogP contribution in [0.5, 0.6) is 0 Å². The molecule has 2 atom stereocenters. The van der Waals surface area contributed by atoms with Gasteiger partial charge in [-0.3, -0.25) is 19.1 Å². The van der Waals surface area contributed by atoms with Gasteiger partial charge in [-0.2, -0.15) is 0 Å². The minimum absolute atomic E-state index is 0.547. The predicted octanol–water partition coefficient (Wildman–Crippen LogP) is -0.909. The molecule has 0 aromatic heterocycles. The van der Waals surface area contributed by atoms with Crippen LogP contribution >= 0.6 is 9.39 Å². The van der Waals surface area contributed by atoms with Gasteiger partial charge in [0.1, 0.15) is 12.6 Å². The molecule has 0 radical (unpaired) electrons. The summed E-state index contributed by atoms with van der Waals surface area (Å²) in [6.07, 6.45) is -0.647. The summed E-state index contributed by atoms with van der Waals surface area (Å²) >= 11 is 0. The topological polar surface area (TPSA) is 115 Å². The van der Waals surface area contributed by atoms with E-state index < -0.39 is 36.9 Å². The van der Waals surface area contributed by atoms with Gasteiger partial charge in [0.15, 0.2) is 0 Å². The molecule has 0 saturated heterocycles. The summed E-state index contributed by atoms with van der Waals surface area (Å²) in [4.78, 5) is 31.0. The average molecular weight is 223 g/mol. The number of carboxylic acid groups (broad SMARTS) is 3. The lowest BCUT2D eigenvalue weighted by atomic mass is 10.2. The molecule has 0 rings (SSSR count). The van der Waals surface area contributed by atoms with E-state index in [2.05, 4.69) is 0 Å². The lowest BCUT2D eigenvalue weighted by molar-refractivity contribution is -0.149. The van der Waals surface area contributed by atoms with Crippen LogP contribution in [0, 0.1) is 0 Å². The molecule has 0 aromatic carbocycles. The van der Waals surface area contributed by atoms with Crippen LogP contribution in [0.1, 0.15) is 6.42 Å². The van der Waals surface area contributed by atoms with Crippen molar-refractivity contribution in [2.75, 3.05) is 6.54 Å². The maximum atomic E-state index is 10.5. The van der Waals surface area contributed by atoms with Crippen molar-refractivity contribution < 1.29 is 29.7 Å². The summed E-state index contributed by atoms with van der Waals surface area (Å²) in [6.45, 7) is -0.547. The Morgan fingerprint density at radius 2 is 1.64 bits per heavy atom. The number of aliphatic carboxylic acids is 3. The van der Waals surface area contributed by atoms with Gasteiger partial charge in [0, 0.05) is 0 Å². The normalized spacial score (nSPS) is 12.4. The van der Waals surface area contributed by atoms with Crippen LogP contribution in [0.25, 0.3) is 0 Å². The monoisotopic (exact) mass is 223 g/mol. The second-order valence-corrected chi connectivity index (χ2v) is 3.18. The highest BCUT2D eigenvalue weighted by molar-refractivity contribution is 7.13. The van der Waals surface area contributed by atoms with E-state index in [1.165, 1.54) is 0 Å². The van der Waals surface area contributed by atoms with E-state index in [-0.39, 0.29) is 0 Å². The molecule has 7 nitrogen and oxygen atoms in total. The molecule has 3 N–H and O–H groups in total. The van der Waals surface area contributed by atoms with Gasteiger partial charge in [0.25, 0.3) is 0 Å². The molecule has 0 aromatic rings. The molecule has 0 aliphatic carbocycles. The van der Waals surface area contributed by atoms with Crippen molar-refractivity contribution in [1.82, 2.24) is 4.67 Å². The molecule has 0 fully saturated rings. The Morgan fingerprint density at radius 3 is 1.93 bits per heavy atom. The van der Waals surface area contributed by atoms with Crippen molar-refractivity contribution in [3.63, 3.8) is 0 Å². The van der Waals surface area contributed by atoms with Gasteiger partial charge in [-0.1, -0.05) is 9.39 Å². The number of hydrogen-bond acceptors (Lipinski definition) is 4. The highest BCUT2D eigenvalue weighted by Gasteiger charge is 2.26. The van der Waals surface area contributed by atoms with Crippen molar-refractivity contribution in [2.45, 2.75) is 12.5 Å². The Balaban J connectivity index is 4.40. The molecule has 80 valence electrons. The van der Waals surface area contributed by atoms with Crippen molar-refractivity contribution in [3.8, 4) is 0 Å². The summed E-state index contributed by atoms with van der Waals surface area (Å²) in [7, 11) is 1.88. The molecule has 0 saturated carbocycles. The maximum absolute atomic E-state index is 10.5. The number of hydrogen-bond donors (Lipinski definition) is 3. The summed E-state index contributed by atoms with van der Waals surface area (Å²) in [5.41, 5.74) is 0. The number of carbonyl (C=O) groups is 3. The van der Waals surface area contributed by atoms with E-state index in [0.29, 0.717) is 0 Å². The third-order valence-corrected chi connectivity index (χ3v) is 1.91. The Kier molecular flexibility index (Phi) is 5.04. The summed E-state index contributed by atoms with van der Waals surface area (Å²) in [6, 6.07) is -1.35. The molecule has 0 bridgehead atoms. The van der Waals surface area contributed by atoms with Crippen LogP contribution in [0.3, 0.4) is 0 Å². The Morgan fingerprint density at radius 1 is 1.14 bits per heavy atom. The maximum Gasteiger partial charge on any atom is 0.321 e. The van der Waals surface area contributed by atoms with Gasteiger partial charge < -0.3 is 15.3 Å². The van der Waals surface area contributed by atoms with E-state index in [1.807, 2.05) is 9.39 Å². The zero-order chi connectivity index (χ0) is 11.3. The zero-order valence-electron chi connectivity index (χ0n) is 7.08. The number of carboxylic acids is 3. The first-order valence-electron chi connectivity index (χ1n) is 3.52. The third-order valence-electron chi connectivity index (χ3n) is 1.37. The first-order chi connectivity index (χ1) is 6.34. The first-order valence-corrected chi connectivity index (χ1v) is 4.04. The van der Waals surface area contributed by atoms with Crippen molar-refractivity contribution in [1.29, 1.82) is 0 Å². The molecule has 0 aliphatic rings. The first kappa shape index (κ1) is 12.8. The van der Waals surface area contributed by atoms with E-state index in [0.717, 1.165) is 4.67 Å². The zero-order valence-corrected chi connectivity index (χ0v) is 8.24. The van der Waals surface area contributed by atoms with Crippen LogP contribution < -0.4 is 0 Å². The number of nitrogens with zero attached hydrogens (tertiary/aromatic N) is 1. The minimum Gasteiger partial charge on any atom is -0.481 e. The molecular weight excluding hydrogens is 213 g/mol. The van der Waals surface area contributed by atoms with Gasteiger partial charge in [-0.15, -0.1) is 0 Å². The summed E-state index contributed by atoms with van der Waals surface area (Å²) < 4.78 is 0.874. The summed E-state index contributed by atoms with van der Waals surface area (Å²) in [5.74, 6) is -3.89. The smallest absolute Gasteiger partial charge is 0.321 e. The average Bonchev–Trinajstić information content (AvgIpc) is 1.97. The van der Waals surface area contributed by atoms with Crippen molar-refractivity contribution in [3.05, 3.63) is 0 Å². The Labute approximate surface area is 81.6 Å². The van der Waals surface area contributed by atoms with Gasteiger partial charge in [0.2, 0.25) is 0 Å². The van der Waals surface area contributed by atoms with Crippen LogP contribution in [0.4, 0.5) is 0 Å². The SMILES string of the molecule is O=C(O)CC(C(=O)O)N(P)CC(=O)O. The highest BCUT2D eigenvalue weighted by Crippen LogP contribution is 2.10. The van der Waals surface area contributed by atoms with E-state index in [4.69, 9.17) is 15.3 Å². The van der Waals surface area contributed by atoms with Gasteiger partial charge in [-0.05, 0) is 0 Å². The van der Waals surface area contributed by atoms with Crippen LogP contribution in [-0.4, -0.2) is 50.5 Å². The highest BCUT2D eigenvalue weighted by atomic mass is 31.0. The lowest BCUT2D eigenvalue weighted by Gasteiger charge is -2.20. The quantitative estimate of drug-likeness (QED) is 0.499. The van der Waals surface area contributed by atoms with Gasteiger partial charge >= 0.3 is 17.9 Å². The Bertz CT molecular complexity index is 255. The molecule has 0 amide bonds. The molecule has 0 heterocycles. The second kappa shape index (κ2) is 5.51. The lowest BCUT2D eigenvalue weighted by Crippen LogP contribution is -2.39. The predicted molar refractivity (Wildman–Crippen MR) is 47.7 cm³/mol. The van der Waals surface area contributed by atoms with Crippen LogP contribution in [-0.2, 0) is 14.4 Å².